The molecule has 0 radical (unpaired) electrons. The van der Waals surface area contributed by atoms with Crippen molar-refractivity contribution in [2.45, 2.75) is 11.3 Å². The number of anilines is 1. The summed E-state index contributed by atoms with van der Waals surface area (Å²) in [6, 6.07) is 5.25. The summed E-state index contributed by atoms with van der Waals surface area (Å²) in [5.41, 5.74) is 0.599. The zero-order valence-electron chi connectivity index (χ0n) is 13.6. The van der Waals surface area contributed by atoms with Crippen molar-refractivity contribution in [3.63, 3.8) is 0 Å². The second-order valence-electron chi connectivity index (χ2n) is 5.35. The molecule has 0 spiro atoms. The molecular weight excluding hydrogens is 378 g/mol. The third-order valence-electron chi connectivity index (χ3n) is 3.48. The molecule has 3 aromatic rings. The van der Waals surface area contributed by atoms with E-state index < -0.39 is 0 Å². The third-order valence-corrected chi connectivity index (χ3v) is 5.51. The highest BCUT2D eigenvalue weighted by Crippen LogP contribution is 2.32. The molecule has 0 saturated heterocycles. The molecule has 1 aliphatic rings. The molecule has 1 aromatic carbocycles. The van der Waals surface area contributed by atoms with Crippen LogP contribution in [0.5, 0.6) is 11.5 Å². The van der Waals surface area contributed by atoms with Gasteiger partial charge in [0.1, 0.15) is 18.9 Å². The molecule has 2 aromatic heterocycles. The summed E-state index contributed by atoms with van der Waals surface area (Å²) in [5.74, 6) is 1.23. The van der Waals surface area contributed by atoms with E-state index in [1.807, 2.05) is 0 Å². The summed E-state index contributed by atoms with van der Waals surface area (Å²) in [4.78, 5) is 24.5. The minimum atomic E-state index is -0.307. The van der Waals surface area contributed by atoms with Gasteiger partial charge in [-0.1, -0.05) is 23.1 Å². The molecule has 0 unspecified atom stereocenters. The Labute approximate surface area is 155 Å². The number of hydrogen-bond acceptors (Lipinski definition) is 9. The predicted molar refractivity (Wildman–Crippen MR) is 96.5 cm³/mol. The topological polar surface area (TPSA) is 108 Å². The highest BCUT2D eigenvalue weighted by molar-refractivity contribution is 8.01. The number of amides is 1. The number of benzene rings is 1. The molecule has 26 heavy (non-hydrogen) atoms. The number of nitrogens with zero attached hydrogens (tertiary/aromatic N) is 4. The fraction of sp³-hybridized carbons (Fsp3) is 0.267. The van der Waals surface area contributed by atoms with Crippen LogP contribution < -0.4 is 20.3 Å². The minimum absolute atomic E-state index is 0.148. The summed E-state index contributed by atoms with van der Waals surface area (Å²) in [5, 5.41) is 14.7. The van der Waals surface area contributed by atoms with Gasteiger partial charge in [-0.05, 0) is 19.1 Å². The number of nitrogens with one attached hydrogen (secondary N) is 1. The molecule has 1 aliphatic heterocycles. The molecule has 1 amide bonds. The molecule has 0 atom stereocenters. The average Bonchev–Trinajstić information content (AvgIpc) is 3.07. The van der Waals surface area contributed by atoms with Crippen molar-refractivity contribution in [2.75, 3.05) is 24.3 Å². The van der Waals surface area contributed by atoms with E-state index in [1.54, 1.807) is 25.1 Å². The maximum Gasteiger partial charge on any atom is 0.296 e. The number of aryl methyl sites for hydroxylation is 1. The van der Waals surface area contributed by atoms with Crippen LogP contribution in [-0.4, -0.2) is 44.7 Å². The number of carbonyl (C=O) groups excluding carboxylic acids is 1. The van der Waals surface area contributed by atoms with E-state index in [0.717, 1.165) is 0 Å². The molecule has 134 valence electrons. The lowest BCUT2D eigenvalue weighted by atomic mass is 10.2. The first kappa shape index (κ1) is 16.8. The van der Waals surface area contributed by atoms with Gasteiger partial charge in [-0.3, -0.25) is 9.59 Å². The fourth-order valence-electron chi connectivity index (χ4n) is 2.28. The number of aromatic nitrogens is 4. The first-order valence-electron chi connectivity index (χ1n) is 7.65. The van der Waals surface area contributed by atoms with Crippen LogP contribution in [0.25, 0.3) is 4.96 Å². The lowest BCUT2D eigenvalue weighted by molar-refractivity contribution is -0.113. The normalized spacial score (nSPS) is 13.0. The van der Waals surface area contributed by atoms with Crippen molar-refractivity contribution in [2.24, 2.45) is 0 Å². The number of thioether (sulfide) groups is 1. The Bertz CT molecular complexity index is 1050. The standard InChI is InChI=1S/C15H13N5O4S2/c1-8-13(22)20-14(18-17-8)26-15(19-20)25-7-12(21)16-9-2-3-10-11(6-9)24-5-4-23-10/h2-3,6H,4-5,7H2,1H3,(H,16,21). The van der Waals surface area contributed by atoms with Gasteiger partial charge in [-0.2, -0.15) is 4.52 Å². The average molecular weight is 391 g/mol. The van der Waals surface area contributed by atoms with Crippen molar-refractivity contribution < 1.29 is 14.3 Å². The van der Waals surface area contributed by atoms with Gasteiger partial charge in [-0.15, -0.1) is 15.3 Å². The molecule has 4 rings (SSSR count). The Hall–Kier alpha value is -2.66. The van der Waals surface area contributed by atoms with Crippen molar-refractivity contribution in [3.05, 3.63) is 34.2 Å². The van der Waals surface area contributed by atoms with Gasteiger partial charge in [0, 0.05) is 11.8 Å². The molecule has 0 bridgehead atoms. The Morgan fingerprint density at radius 3 is 2.96 bits per heavy atom. The highest BCUT2D eigenvalue weighted by Gasteiger charge is 2.14. The SMILES string of the molecule is Cc1nnc2sc(SCC(=O)Nc3ccc4c(c3)OCCO4)nn2c1=O. The van der Waals surface area contributed by atoms with Crippen LogP contribution in [0.3, 0.4) is 0 Å². The fourth-order valence-corrected chi connectivity index (χ4v) is 3.95. The van der Waals surface area contributed by atoms with Crippen LogP contribution in [-0.2, 0) is 4.79 Å². The molecule has 0 aliphatic carbocycles. The second kappa shape index (κ2) is 6.92. The lowest BCUT2D eigenvalue weighted by Crippen LogP contribution is -2.19. The van der Waals surface area contributed by atoms with E-state index in [1.165, 1.54) is 27.6 Å². The molecule has 0 saturated carbocycles. The molecule has 11 heteroatoms. The summed E-state index contributed by atoms with van der Waals surface area (Å²) < 4.78 is 12.7. The first-order valence-corrected chi connectivity index (χ1v) is 9.46. The molecule has 0 fully saturated rings. The van der Waals surface area contributed by atoms with E-state index >= 15 is 0 Å². The number of carbonyl (C=O) groups is 1. The van der Waals surface area contributed by atoms with Crippen LogP contribution in [0.2, 0.25) is 0 Å². The van der Waals surface area contributed by atoms with Gasteiger partial charge in [0.25, 0.3) is 5.56 Å². The maximum atomic E-state index is 12.2. The predicted octanol–water partition coefficient (Wildman–Crippen LogP) is 1.36. The van der Waals surface area contributed by atoms with Crippen LogP contribution in [0, 0.1) is 6.92 Å². The first-order chi connectivity index (χ1) is 12.6. The van der Waals surface area contributed by atoms with Crippen molar-refractivity contribution in [1.29, 1.82) is 0 Å². The summed E-state index contributed by atoms with van der Waals surface area (Å²) in [7, 11) is 0. The monoisotopic (exact) mass is 391 g/mol. The Morgan fingerprint density at radius 1 is 1.31 bits per heavy atom. The van der Waals surface area contributed by atoms with Crippen molar-refractivity contribution >= 4 is 39.7 Å². The van der Waals surface area contributed by atoms with E-state index in [4.69, 9.17) is 9.47 Å². The summed E-state index contributed by atoms with van der Waals surface area (Å²) in [6.45, 7) is 2.58. The summed E-state index contributed by atoms with van der Waals surface area (Å²) in [6.07, 6.45) is 0. The Morgan fingerprint density at radius 2 is 2.12 bits per heavy atom. The Kier molecular flexibility index (Phi) is 4.47. The maximum absolute atomic E-state index is 12.2. The van der Waals surface area contributed by atoms with Gasteiger partial charge >= 0.3 is 0 Å². The minimum Gasteiger partial charge on any atom is -0.486 e. The number of ether oxygens (including phenoxy) is 2. The summed E-state index contributed by atoms with van der Waals surface area (Å²) >= 11 is 2.44. The number of fused-ring (bicyclic) bond motifs is 2. The Balaban J connectivity index is 1.41. The van der Waals surface area contributed by atoms with Gasteiger partial charge in [0.2, 0.25) is 10.9 Å². The van der Waals surface area contributed by atoms with Crippen LogP contribution in [0.15, 0.2) is 27.3 Å². The van der Waals surface area contributed by atoms with E-state index in [9.17, 15) is 9.59 Å². The van der Waals surface area contributed by atoms with Gasteiger partial charge in [-0.25, -0.2) is 0 Å². The highest BCUT2D eigenvalue weighted by atomic mass is 32.2. The lowest BCUT2D eigenvalue weighted by Gasteiger charge is -2.18. The van der Waals surface area contributed by atoms with E-state index in [2.05, 4.69) is 20.6 Å². The van der Waals surface area contributed by atoms with Gasteiger partial charge < -0.3 is 14.8 Å². The molecule has 9 nitrogen and oxygen atoms in total. The quantitative estimate of drug-likeness (QED) is 0.664. The van der Waals surface area contributed by atoms with Crippen LogP contribution in [0.4, 0.5) is 5.69 Å². The molecular formula is C15H13N5O4S2. The van der Waals surface area contributed by atoms with Gasteiger partial charge in [0.15, 0.2) is 15.8 Å². The zero-order chi connectivity index (χ0) is 18.1. The molecule has 1 N–H and O–H groups in total. The molecule has 3 heterocycles. The van der Waals surface area contributed by atoms with Crippen LogP contribution in [0.1, 0.15) is 5.69 Å². The third kappa shape index (κ3) is 3.35. The second-order valence-corrected chi connectivity index (χ2v) is 7.53. The van der Waals surface area contributed by atoms with E-state index in [-0.39, 0.29) is 22.9 Å². The van der Waals surface area contributed by atoms with Crippen molar-refractivity contribution in [3.8, 4) is 11.5 Å². The van der Waals surface area contributed by atoms with Gasteiger partial charge in [0.05, 0.1) is 5.75 Å². The van der Waals surface area contributed by atoms with Crippen LogP contribution >= 0.6 is 23.1 Å². The largest absolute Gasteiger partial charge is 0.486 e. The number of rotatable bonds is 4. The van der Waals surface area contributed by atoms with Crippen molar-refractivity contribution in [1.82, 2.24) is 19.8 Å². The zero-order valence-corrected chi connectivity index (χ0v) is 15.2. The number of hydrogen-bond donors (Lipinski definition) is 1. The smallest absolute Gasteiger partial charge is 0.296 e. The van der Waals surface area contributed by atoms with E-state index in [0.29, 0.717) is 39.7 Å².